The van der Waals surface area contributed by atoms with Gasteiger partial charge in [0.05, 0.1) is 10.9 Å². The van der Waals surface area contributed by atoms with Crippen molar-refractivity contribution < 1.29 is 18.0 Å². The van der Waals surface area contributed by atoms with Gasteiger partial charge in [-0.3, -0.25) is 4.79 Å². The lowest BCUT2D eigenvalue weighted by Crippen LogP contribution is -2.41. The molecule has 1 aliphatic heterocycles. The van der Waals surface area contributed by atoms with Crippen LogP contribution in [-0.4, -0.2) is 44.4 Å². The van der Waals surface area contributed by atoms with Crippen molar-refractivity contribution in [2.24, 2.45) is 0 Å². The number of rotatable bonds is 6. The van der Waals surface area contributed by atoms with E-state index in [1.54, 1.807) is 24.3 Å². The van der Waals surface area contributed by atoms with Crippen LogP contribution in [0.25, 0.3) is 0 Å². The first-order chi connectivity index (χ1) is 15.2. The third kappa shape index (κ3) is 6.69. The smallest absolute Gasteiger partial charge is 0.321 e. The predicted molar refractivity (Wildman–Crippen MR) is 125 cm³/mol. The van der Waals surface area contributed by atoms with Gasteiger partial charge in [-0.2, -0.15) is 4.72 Å². The maximum Gasteiger partial charge on any atom is 0.321 e. The van der Waals surface area contributed by atoms with Gasteiger partial charge in [-0.05, 0) is 68.3 Å². The molecule has 2 aromatic rings. The molecule has 1 aliphatic rings. The first kappa shape index (κ1) is 24.0. The number of halogens is 1. The van der Waals surface area contributed by atoms with Crippen LogP contribution in [0.1, 0.15) is 32.6 Å². The second-order valence-corrected chi connectivity index (χ2v) is 9.85. The van der Waals surface area contributed by atoms with Gasteiger partial charge < -0.3 is 15.5 Å². The average Bonchev–Trinajstić information content (AvgIpc) is 3.05. The van der Waals surface area contributed by atoms with Gasteiger partial charge in [0.25, 0.3) is 0 Å². The highest BCUT2D eigenvalue weighted by atomic mass is 35.5. The van der Waals surface area contributed by atoms with E-state index >= 15 is 0 Å². The van der Waals surface area contributed by atoms with Gasteiger partial charge in [0.2, 0.25) is 15.9 Å². The van der Waals surface area contributed by atoms with Gasteiger partial charge in [0.15, 0.2) is 0 Å². The molecule has 0 saturated carbocycles. The largest absolute Gasteiger partial charge is 0.325 e. The number of carbonyl (C=O) groups excluding carboxylic acids is 2. The van der Waals surface area contributed by atoms with Crippen LogP contribution in [-0.2, 0) is 14.8 Å². The first-order valence-corrected chi connectivity index (χ1v) is 12.4. The van der Waals surface area contributed by atoms with E-state index < -0.39 is 22.0 Å². The Morgan fingerprint density at radius 1 is 0.875 bits per heavy atom. The fourth-order valence-corrected chi connectivity index (χ4v) is 4.66. The van der Waals surface area contributed by atoms with Crippen LogP contribution in [0.5, 0.6) is 0 Å². The summed E-state index contributed by atoms with van der Waals surface area (Å²) in [5.41, 5.74) is 1.11. The number of urea groups is 1. The first-order valence-electron chi connectivity index (χ1n) is 10.5. The summed E-state index contributed by atoms with van der Waals surface area (Å²) in [5.74, 6) is -0.510. The Labute approximate surface area is 193 Å². The van der Waals surface area contributed by atoms with Gasteiger partial charge in [-0.25, -0.2) is 13.2 Å². The number of likely N-dealkylation sites (tertiary alicyclic amines) is 1. The second kappa shape index (κ2) is 10.8. The van der Waals surface area contributed by atoms with E-state index in [2.05, 4.69) is 15.4 Å². The lowest BCUT2D eigenvalue weighted by atomic mass is 10.2. The molecule has 3 rings (SSSR count). The molecule has 3 N–H and O–H groups in total. The summed E-state index contributed by atoms with van der Waals surface area (Å²) in [6.45, 7) is 2.96. The number of sulfonamides is 1. The molecule has 0 bridgehead atoms. The SMILES string of the molecule is C[C@H](NS(=O)(=O)c1ccc(Cl)cc1)C(=O)Nc1ccc(NC(=O)N2CCCCCC2)cc1. The molecule has 1 atom stereocenters. The van der Waals surface area contributed by atoms with Crippen molar-refractivity contribution in [1.29, 1.82) is 0 Å². The van der Waals surface area contributed by atoms with Crippen LogP contribution in [0.3, 0.4) is 0 Å². The summed E-state index contributed by atoms with van der Waals surface area (Å²) in [7, 11) is -3.87. The molecule has 172 valence electrons. The zero-order chi connectivity index (χ0) is 23.1. The number of nitrogens with zero attached hydrogens (tertiary/aromatic N) is 1. The quantitative estimate of drug-likeness (QED) is 0.582. The molecule has 1 saturated heterocycles. The Hall–Kier alpha value is -2.62. The van der Waals surface area contributed by atoms with E-state index in [4.69, 9.17) is 11.6 Å². The molecule has 0 radical (unpaired) electrons. The van der Waals surface area contributed by atoms with Crippen molar-refractivity contribution in [3.05, 3.63) is 53.6 Å². The van der Waals surface area contributed by atoms with E-state index in [9.17, 15) is 18.0 Å². The van der Waals surface area contributed by atoms with E-state index in [1.807, 2.05) is 4.90 Å². The van der Waals surface area contributed by atoms with E-state index in [1.165, 1.54) is 31.2 Å². The monoisotopic (exact) mass is 478 g/mol. The van der Waals surface area contributed by atoms with Gasteiger partial charge >= 0.3 is 6.03 Å². The van der Waals surface area contributed by atoms with Crippen molar-refractivity contribution in [3.63, 3.8) is 0 Å². The van der Waals surface area contributed by atoms with Crippen LogP contribution >= 0.6 is 11.6 Å². The highest BCUT2D eigenvalue weighted by Crippen LogP contribution is 2.17. The third-order valence-corrected chi connectivity index (χ3v) is 6.95. The number of benzene rings is 2. The number of amides is 3. The summed E-state index contributed by atoms with van der Waals surface area (Å²) < 4.78 is 27.2. The number of nitrogens with one attached hydrogen (secondary N) is 3. The normalized spacial score (nSPS) is 15.5. The molecular formula is C22H27ClN4O4S. The fraction of sp³-hybridized carbons (Fsp3) is 0.364. The lowest BCUT2D eigenvalue weighted by Gasteiger charge is -2.21. The topological polar surface area (TPSA) is 108 Å². The summed E-state index contributed by atoms with van der Waals surface area (Å²) in [6, 6.07) is 11.2. The maximum absolute atomic E-state index is 12.4. The molecule has 0 aromatic heterocycles. The van der Waals surface area contributed by atoms with Crippen molar-refractivity contribution in [2.45, 2.75) is 43.5 Å². The van der Waals surface area contributed by atoms with Crippen LogP contribution in [0.2, 0.25) is 5.02 Å². The minimum atomic E-state index is -3.87. The zero-order valence-corrected chi connectivity index (χ0v) is 19.4. The molecule has 3 amide bonds. The van der Waals surface area contributed by atoms with Gasteiger partial charge in [0.1, 0.15) is 0 Å². The van der Waals surface area contributed by atoms with Crippen LogP contribution in [0.4, 0.5) is 16.2 Å². The lowest BCUT2D eigenvalue weighted by molar-refractivity contribution is -0.117. The Balaban J connectivity index is 1.54. The molecular weight excluding hydrogens is 452 g/mol. The molecule has 0 unspecified atom stereocenters. The summed E-state index contributed by atoms with van der Waals surface area (Å²) in [5, 5.41) is 5.95. The zero-order valence-electron chi connectivity index (χ0n) is 17.8. The number of anilines is 2. The average molecular weight is 479 g/mol. The number of carbonyl (C=O) groups is 2. The Morgan fingerprint density at radius 2 is 1.41 bits per heavy atom. The van der Waals surface area contributed by atoms with Crippen molar-refractivity contribution in [1.82, 2.24) is 9.62 Å². The minimum absolute atomic E-state index is 0.0195. The Bertz CT molecular complexity index is 1030. The van der Waals surface area contributed by atoms with Crippen LogP contribution in [0.15, 0.2) is 53.4 Å². The second-order valence-electron chi connectivity index (χ2n) is 7.69. The fourth-order valence-electron chi connectivity index (χ4n) is 3.33. The number of hydrogen-bond acceptors (Lipinski definition) is 4. The minimum Gasteiger partial charge on any atom is -0.325 e. The number of hydrogen-bond donors (Lipinski definition) is 3. The summed E-state index contributed by atoms with van der Waals surface area (Å²) >= 11 is 5.79. The molecule has 32 heavy (non-hydrogen) atoms. The van der Waals surface area contributed by atoms with Gasteiger partial charge in [-0.15, -0.1) is 0 Å². The van der Waals surface area contributed by atoms with Crippen LogP contribution in [0, 0.1) is 0 Å². The predicted octanol–water partition coefficient (Wildman–Crippen LogP) is 4.05. The summed E-state index contributed by atoms with van der Waals surface area (Å²) in [6.07, 6.45) is 4.32. The van der Waals surface area contributed by atoms with Crippen molar-refractivity contribution in [2.75, 3.05) is 23.7 Å². The van der Waals surface area contributed by atoms with E-state index in [0.29, 0.717) is 16.4 Å². The molecule has 1 heterocycles. The van der Waals surface area contributed by atoms with Crippen molar-refractivity contribution >= 4 is 44.9 Å². The highest BCUT2D eigenvalue weighted by molar-refractivity contribution is 7.89. The third-order valence-electron chi connectivity index (χ3n) is 5.15. The molecule has 8 nitrogen and oxygen atoms in total. The van der Waals surface area contributed by atoms with Gasteiger partial charge in [-0.1, -0.05) is 24.4 Å². The molecule has 1 fully saturated rings. The van der Waals surface area contributed by atoms with Gasteiger partial charge in [0, 0.05) is 29.5 Å². The Kier molecular flexibility index (Phi) is 8.11. The summed E-state index contributed by atoms with van der Waals surface area (Å²) in [4.78, 5) is 26.7. The Morgan fingerprint density at radius 3 is 1.97 bits per heavy atom. The van der Waals surface area contributed by atoms with E-state index in [0.717, 1.165) is 38.8 Å². The standard InChI is InChI=1S/C22H27ClN4O4S/c1-16(26-32(30,31)20-12-6-17(23)7-13-20)21(28)24-18-8-10-19(11-9-18)25-22(29)27-14-4-2-3-5-15-27/h6-13,16,26H,2-5,14-15H2,1H3,(H,24,28)(H,25,29)/t16-/m0/s1. The van der Waals surface area contributed by atoms with Crippen molar-refractivity contribution in [3.8, 4) is 0 Å². The maximum atomic E-state index is 12.4. The molecule has 10 heteroatoms. The van der Waals surface area contributed by atoms with E-state index in [-0.39, 0.29) is 10.9 Å². The molecule has 0 aliphatic carbocycles. The highest BCUT2D eigenvalue weighted by Gasteiger charge is 2.22. The molecule has 2 aromatic carbocycles. The molecule has 0 spiro atoms. The van der Waals surface area contributed by atoms with Crippen LogP contribution < -0.4 is 15.4 Å².